The van der Waals surface area contributed by atoms with Gasteiger partial charge in [-0.2, -0.15) is 10.2 Å². The number of sulfonamides is 1. The van der Waals surface area contributed by atoms with E-state index in [9.17, 15) is 8.42 Å². The van der Waals surface area contributed by atoms with Crippen LogP contribution in [0.25, 0.3) is 0 Å². The number of anilines is 1. The van der Waals surface area contributed by atoms with Crippen molar-refractivity contribution in [3.8, 4) is 0 Å². The van der Waals surface area contributed by atoms with E-state index in [2.05, 4.69) is 10.2 Å². The van der Waals surface area contributed by atoms with E-state index in [1.807, 2.05) is 55.5 Å². The summed E-state index contributed by atoms with van der Waals surface area (Å²) in [6, 6.07) is 17.0. The number of para-hydroxylation sites is 1. The highest BCUT2D eigenvalue weighted by Gasteiger charge is 2.30. The Kier molecular flexibility index (Phi) is 4.00. The topological polar surface area (TPSA) is 62.1 Å². The van der Waals surface area contributed by atoms with Gasteiger partial charge in [-0.05, 0) is 18.6 Å². The van der Waals surface area contributed by atoms with Gasteiger partial charge in [0, 0.05) is 12.6 Å². The fraction of sp³-hybridized carbons (Fsp3) is 0.176. The molecule has 2 aromatic carbocycles. The van der Waals surface area contributed by atoms with Crippen LogP contribution in [0.1, 0.15) is 18.1 Å². The lowest BCUT2D eigenvalue weighted by Gasteiger charge is -2.27. The average molecular weight is 327 g/mol. The maximum absolute atomic E-state index is 12.3. The molecule has 0 amide bonds. The molecule has 3 rings (SSSR count). The molecule has 0 aromatic heterocycles. The quantitative estimate of drug-likeness (QED) is 0.629. The smallest absolute Gasteiger partial charge is 0.240 e. The zero-order chi connectivity index (χ0) is 16.4. The summed E-state index contributed by atoms with van der Waals surface area (Å²) < 4.78 is 25.8. The molecule has 1 heterocycles. The maximum atomic E-state index is 12.3. The van der Waals surface area contributed by atoms with Gasteiger partial charge in [0.05, 0.1) is 17.1 Å². The van der Waals surface area contributed by atoms with Crippen molar-refractivity contribution < 1.29 is 8.42 Å². The van der Waals surface area contributed by atoms with Crippen LogP contribution < -0.4 is 4.31 Å². The highest BCUT2D eigenvalue weighted by molar-refractivity contribution is 7.93. The van der Waals surface area contributed by atoms with E-state index in [4.69, 9.17) is 0 Å². The summed E-state index contributed by atoms with van der Waals surface area (Å²) in [5, 5.41) is 8.46. The molecule has 23 heavy (non-hydrogen) atoms. The summed E-state index contributed by atoms with van der Waals surface area (Å²) in [6.07, 6.45) is 0. The summed E-state index contributed by atoms with van der Waals surface area (Å²) in [6.45, 7) is 1.86. The number of rotatable bonds is 2. The Hall–Kier alpha value is -2.47. The molecular formula is C17H17N3O2S. The largest absolute Gasteiger partial charge is 0.272 e. The van der Waals surface area contributed by atoms with Crippen molar-refractivity contribution in [3.63, 3.8) is 0 Å². The second-order valence-electron chi connectivity index (χ2n) is 5.34. The Morgan fingerprint density at radius 3 is 2.43 bits per heavy atom. The van der Waals surface area contributed by atoms with E-state index in [0.717, 1.165) is 16.8 Å². The minimum absolute atomic E-state index is 0.147. The van der Waals surface area contributed by atoms with E-state index in [1.54, 1.807) is 13.1 Å². The SMILES string of the molecule is C/C(=N\N=C1/CS(=O)(=O)N(C)c2ccccc21)c1ccccc1. The van der Waals surface area contributed by atoms with Crippen LogP contribution in [-0.2, 0) is 10.0 Å². The Morgan fingerprint density at radius 1 is 1.04 bits per heavy atom. The van der Waals surface area contributed by atoms with Crippen molar-refractivity contribution >= 4 is 27.1 Å². The number of hydrogen-bond donors (Lipinski definition) is 0. The van der Waals surface area contributed by atoms with E-state index >= 15 is 0 Å². The Bertz CT molecular complexity index is 887. The van der Waals surface area contributed by atoms with Crippen LogP contribution in [-0.4, -0.2) is 32.6 Å². The fourth-order valence-electron chi connectivity index (χ4n) is 2.44. The number of hydrogen-bond acceptors (Lipinski definition) is 4. The minimum Gasteiger partial charge on any atom is -0.272 e. The molecule has 0 unspecified atom stereocenters. The molecule has 0 atom stereocenters. The average Bonchev–Trinajstić information content (AvgIpc) is 2.57. The summed E-state index contributed by atoms with van der Waals surface area (Å²) in [5.41, 5.74) is 3.60. The van der Waals surface area contributed by atoms with Gasteiger partial charge in [0.25, 0.3) is 0 Å². The van der Waals surface area contributed by atoms with Gasteiger partial charge in [-0.3, -0.25) is 4.31 Å². The lowest BCUT2D eigenvalue weighted by Crippen LogP contribution is -2.38. The Labute approximate surface area is 136 Å². The lowest BCUT2D eigenvalue weighted by molar-refractivity contribution is 0.597. The van der Waals surface area contributed by atoms with Gasteiger partial charge in [0.15, 0.2) is 0 Å². The van der Waals surface area contributed by atoms with Crippen molar-refractivity contribution in [3.05, 3.63) is 65.7 Å². The molecule has 1 aliphatic heterocycles. The van der Waals surface area contributed by atoms with E-state index in [-0.39, 0.29) is 5.75 Å². The van der Waals surface area contributed by atoms with Crippen LogP contribution in [0.4, 0.5) is 5.69 Å². The number of fused-ring (bicyclic) bond motifs is 1. The number of benzene rings is 2. The second kappa shape index (κ2) is 5.96. The molecule has 2 aromatic rings. The number of nitrogens with zero attached hydrogens (tertiary/aromatic N) is 3. The Morgan fingerprint density at radius 2 is 1.70 bits per heavy atom. The fourth-order valence-corrected chi connectivity index (χ4v) is 3.66. The molecule has 0 fully saturated rings. The molecule has 0 radical (unpaired) electrons. The lowest BCUT2D eigenvalue weighted by atomic mass is 10.1. The highest BCUT2D eigenvalue weighted by Crippen LogP contribution is 2.28. The molecule has 0 spiro atoms. The monoisotopic (exact) mass is 327 g/mol. The van der Waals surface area contributed by atoms with Gasteiger partial charge in [-0.15, -0.1) is 0 Å². The molecule has 0 bridgehead atoms. The summed E-state index contributed by atoms with van der Waals surface area (Å²) in [4.78, 5) is 0. The predicted octanol–water partition coefficient (Wildman–Crippen LogP) is 2.68. The molecule has 0 saturated heterocycles. The van der Waals surface area contributed by atoms with Crippen LogP contribution >= 0.6 is 0 Å². The first kappa shape index (κ1) is 15.4. The third kappa shape index (κ3) is 3.03. The molecular weight excluding hydrogens is 310 g/mol. The molecule has 0 N–H and O–H groups in total. The minimum atomic E-state index is -3.40. The van der Waals surface area contributed by atoms with Crippen molar-refractivity contribution in [2.45, 2.75) is 6.92 Å². The van der Waals surface area contributed by atoms with Gasteiger partial charge >= 0.3 is 0 Å². The molecule has 0 saturated carbocycles. The van der Waals surface area contributed by atoms with Crippen LogP contribution in [0.2, 0.25) is 0 Å². The summed E-state index contributed by atoms with van der Waals surface area (Å²) in [5.74, 6) is -0.147. The standard InChI is InChI=1S/C17H17N3O2S/c1-13(14-8-4-3-5-9-14)18-19-16-12-23(21,22)20(2)17-11-7-6-10-15(16)17/h3-11H,12H2,1-2H3/b18-13+,19-16+. The van der Waals surface area contributed by atoms with E-state index < -0.39 is 10.0 Å². The van der Waals surface area contributed by atoms with Crippen molar-refractivity contribution in [1.82, 2.24) is 0 Å². The first-order chi connectivity index (χ1) is 11.0. The van der Waals surface area contributed by atoms with Gasteiger partial charge in [-0.1, -0.05) is 48.5 Å². The van der Waals surface area contributed by atoms with Crippen LogP contribution in [0.3, 0.4) is 0 Å². The highest BCUT2D eigenvalue weighted by atomic mass is 32.2. The zero-order valence-corrected chi connectivity index (χ0v) is 13.8. The third-order valence-corrected chi connectivity index (χ3v) is 5.47. The second-order valence-corrected chi connectivity index (χ2v) is 7.34. The van der Waals surface area contributed by atoms with Crippen LogP contribution in [0.15, 0.2) is 64.8 Å². The summed E-state index contributed by atoms with van der Waals surface area (Å²) >= 11 is 0. The maximum Gasteiger partial charge on any atom is 0.240 e. The van der Waals surface area contributed by atoms with Gasteiger partial charge in [0.2, 0.25) is 10.0 Å². The van der Waals surface area contributed by atoms with Gasteiger partial charge in [0.1, 0.15) is 5.75 Å². The normalized spacial score (nSPS) is 18.8. The molecule has 1 aliphatic rings. The first-order valence-electron chi connectivity index (χ1n) is 7.21. The summed E-state index contributed by atoms with van der Waals surface area (Å²) in [7, 11) is -1.84. The molecule has 0 aliphatic carbocycles. The predicted molar refractivity (Wildman–Crippen MR) is 93.8 cm³/mol. The molecule has 6 heteroatoms. The van der Waals surface area contributed by atoms with Crippen LogP contribution in [0.5, 0.6) is 0 Å². The zero-order valence-electron chi connectivity index (χ0n) is 13.0. The van der Waals surface area contributed by atoms with Crippen molar-refractivity contribution in [2.24, 2.45) is 10.2 Å². The van der Waals surface area contributed by atoms with Crippen molar-refractivity contribution in [2.75, 3.05) is 17.1 Å². The van der Waals surface area contributed by atoms with E-state index in [0.29, 0.717) is 11.4 Å². The third-order valence-electron chi connectivity index (χ3n) is 3.80. The van der Waals surface area contributed by atoms with Gasteiger partial charge < -0.3 is 0 Å². The Balaban J connectivity index is 2.04. The van der Waals surface area contributed by atoms with Crippen molar-refractivity contribution in [1.29, 1.82) is 0 Å². The van der Waals surface area contributed by atoms with Gasteiger partial charge in [-0.25, -0.2) is 8.42 Å². The van der Waals surface area contributed by atoms with E-state index in [1.165, 1.54) is 4.31 Å². The molecule has 118 valence electrons. The molecule has 5 nitrogen and oxygen atoms in total. The first-order valence-corrected chi connectivity index (χ1v) is 8.82. The van der Waals surface area contributed by atoms with Crippen LogP contribution in [0, 0.1) is 0 Å².